The topological polar surface area (TPSA) is 99.3 Å². The quantitative estimate of drug-likeness (QED) is 0.642. The van der Waals surface area contributed by atoms with Gasteiger partial charge in [-0.25, -0.2) is 4.79 Å². The molecule has 1 aromatic rings. The Hall–Kier alpha value is -2.78. The van der Waals surface area contributed by atoms with Gasteiger partial charge in [0.15, 0.2) is 0 Å². The Bertz CT molecular complexity index is 573. The molecule has 0 aliphatic carbocycles. The second kappa shape index (κ2) is 8.01. The first-order valence-electron chi connectivity index (χ1n) is 6.41. The van der Waals surface area contributed by atoms with Crippen LogP contribution in [0.2, 0.25) is 0 Å². The van der Waals surface area contributed by atoms with Crippen molar-refractivity contribution in [3.8, 4) is 0 Å². The van der Waals surface area contributed by atoms with Crippen molar-refractivity contribution in [3.63, 3.8) is 0 Å². The van der Waals surface area contributed by atoms with E-state index in [0.717, 1.165) is 0 Å². The van der Waals surface area contributed by atoms with Gasteiger partial charge in [-0.2, -0.15) is 13.2 Å². The third-order valence-electron chi connectivity index (χ3n) is 2.53. The predicted octanol–water partition coefficient (Wildman–Crippen LogP) is 0.846. The molecule has 23 heavy (non-hydrogen) atoms. The van der Waals surface area contributed by atoms with Gasteiger partial charge in [0.05, 0.1) is 6.54 Å². The molecule has 1 aromatic carbocycles. The first kappa shape index (κ1) is 18.3. The van der Waals surface area contributed by atoms with Crippen LogP contribution in [0.15, 0.2) is 24.3 Å². The first-order valence-corrected chi connectivity index (χ1v) is 6.41. The van der Waals surface area contributed by atoms with Crippen LogP contribution in [0.25, 0.3) is 0 Å². The number of halogens is 3. The second-order valence-electron chi connectivity index (χ2n) is 4.36. The van der Waals surface area contributed by atoms with Gasteiger partial charge in [0, 0.05) is 18.3 Å². The Morgan fingerprint density at radius 1 is 1.09 bits per heavy atom. The number of carbonyl (C=O) groups is 3. The molecule has 0 atom stereocenters. The molecule has 0 aliphatic rings. The van der Waals surface area contributed by atoms with E-state index >= 15 is 0 Å². The highest BCUT2D eigenvalue weighted by atomic mass is 19.4. The molecule has 4 N–H and O–H groups in total. The highest BCUT2D eigenvalue weighted by Gasteiger charge is 2.27. The Labute approximate surface area is 129 Å². The standard InChI is InChI=1S/C13H15F3N4O3/c1-17-12(23)20-10(21)6-18-9-4-2-8(3-5-9)11(22)19-7-13(14,15)16/h2-5,18H,6-7H2,1H3,(H,19,22)(H2,17,20,21,23). The number of hydrogen-bond acceptors (Lipinski definition) is 4. The molecule has 126 valence electrons. The fraction of sp³-hybridized carbons (Fsp3) is 0.308. The molecule has 0 heterocycles. The lowest BCUT2D eigenvalue weighted by Gasteiger charge is -2.09. The normalized spacial score (nSPS) is 10.6. The van der Waals surface area contributed by atoms with Crippen LogP contribution in [-0.2, 0) is 4.79 Å². The largest absolute Gasteiger partial charge is 0.405 e. The Kier molecular flexibility index (Phi) is 6.36. The van der Waals surface area contributed by atoms with Crippen molar-refractivity contribution in [1.29, 1.82) is 0 Å². The lowest BCUT2D eigenvalue weighted by molar-refractivity contribution is -0.123. The van der Waals surface area contributed by atoms with Crippen LogP contribution in [0.3, 0.4) is 0 Å². The second-order valence-corrected chi connectivity index (χ2v) is 4.36. The molecule has 0 saturated heterocycles. The minimum absolute atomic E-state index is 0.0506. The van der Waals surface area contributed by atoms with E-state index in [9.17, 15) is 27.6 Å². The molecule has 1 rings (SSSR count). The minimum atomic E-state index is -4.48. The zero-order chi connectivity index (χ0) is 17.5. The van der Waals surface area contributed by atoms with Gasteiger partial charge in [-0.15, -0.1) is 0 Å². The summed E-state index contributed by atoms with van der Waals surface area (Å²) in [4.78, 5) is 33.7. The molecule has 0 aromatic heterocycles. The monoisotopic (exact) mass is 332 g/mol. The molecule has 4 amide bonds. The molecular formula is C13H15F3N4O3. The molecule has 0 spiro atoms. The summed E-state index contributed by atoms with van der Waals surface area (Å²) in [6.45, 7) is -1.60. The fourth-order valence-electron chi connectivity index (χ4n) is 1.44. The van der Waals surface area contributed by atoms with E-state index < -0.39 is 30.6 Å². The van der Waals surface area contributed by atoms with Crippen molar-refractivity contribution in [2.75, 3.05) is 25.5 Å². The van der Waals surface area contributed by atoms with Gasteiger partial charge in [0.1, 0.15) is 6.54 Å². The molecule has 0 unspecified atom stereocenters. The minimum Gasteiger partial charge on any atom is -0.376 e. The fourth-order valence-corrected chi connectivity index (χ4v) is 1.44. The van der Waals surface area contributed by atoms with E-state index in [4.69, 9.17) is 0 Å². The first-order chi connectivity index (χ1) is 10.7. The number of nitrogens with one attached hydrogen (secondary N) is 4. The molecule has 0 fully saturated rings. The van der Waals surface area contributed by atoms with Crippen LogP contribution >= 0.6 is 0 Å². The highest BCUT2D eigenvalue weighted by molar-refractivity contribution is 5.96. The third-order valence-corrected chi connectivity index (χ3v) is 2.53. The average Bonchev–Trinajstić information content (AvgIpc) is 2.50. The van der Waals surface area contributed by atoms with Crippen molar-refractivity contribution >= 4 is 23.5 Å². The maximum absolute atomic E-state index is 12.0. The number of urea groups is 1. The van der Waals surface area contributed by atoms with Gasteiger partial charge in [-0.3, -0.25) is 14.9 Å². The van der Waals surface area contributed by atoms with Crippen LogP contribution in [0.5, 0.6) is 0 Å². The van der Waals surface area contributed by atoms with Crippen molar-refractivity contribution in [1.82, 2.24) is 16.0 Å². The Morgan fingerprint density at radius 3 is 2.22 bits per heavy atom. The highest BCUT2D eigenvalue weighted by Crippen LogP contribution is 2.13. The molecular weight excluding hydrogens is 317 g/mol. The van der Waals surface area contributed by atoms with Gasteiger partial charge in [0.2, 0.25) is 5.91 Å². The molecule has 0 saturated carbocycles. The van der Waals surface area contributed by atoms with E-state index in [0.29, 0.717) is 5.69 Å². The van der Waals surface area contributed by atoms with E-state index in [1.807, 2.05) is 5.32 Å². The summed E-state index contributed by atoms with van der Waals surface area (Å²) in [5, 5.41) is 8.69. The zero-order valence-electron chi connectivity index (χ0n) is 12.1. The van der Waals surface area contributed by atoms with Gasteiger partial charge < -0.3 is 16.0 Å². The number of amides is 4. The number of hydrogen-bond donors (Lipinski definition) is 4. The summed E-state index contributed by atoms with van der Waals surface area (Å²) in [7, 11) is 1.36. The summed E-state index contributed by atoms with van der Waals surface area (Å²) in [5.74, 6) is -1.43. The molecule has 0 radical (unpaired) electrons. The van der Waals surface area contributed by atoms with Crippen LogP contribution < -0.4 is 21.3 Å². The van der Waals surface area contributed by atoms with Crippen molar-refractivity contribution < 1.29 is 27.6 Å². The maximum atomic E-state index is 12.0. The van der Waals surface area contributed by atoms with Gasteiger partial charge in [-0.05, 0) is 24.3 Å². The van der Waals surface area contributed by atoms with Crippen LogP contribution in [0.4, 0.5) is 23.7 Å². The summed E-state index contributed by atoms with van der Waals surface area (Å²) < 4.78 is 36.0. The van der Waals surface area contributed by atoms with Crippen LogP contribution in [0.1, 0.15) is 10.4 Å². The van der Waals surface area contributed by atoms with E-state index in [-0.39, 0.29) is 12.1 Å². The van der Waals surface area contributed by atoms with Crippen LogP contribution in [0, 0.1) is 0 Å². The molecule has 0 bridgehead atoms. The predicted molar refractivity (Wildman–Crippen MR) is 75.9 cm³/mol. The summed E-state index contributed by atoms with van der Waals surface area (Å²) in [6, 6.07) is 4.83. The molecule has 0 aliphatic heterocycles. The van der Waals surface area contributed by atoms with E-state index in [1.54, 1.807) is 5.32 Å². The lowest BCUT2D eigenvalue weighted by atomic mass is 10.2. The van der Waals surface area contributed by atoms with Gasteiger partial charge in [0.25, 0.3) is 5.91 Å². The van der Waals surface area contributed by atoms with Gasteiger partial charge in [-0.1, -0.05) is 0 Å². The van der Waals surface area contributed by atoms with Crippen molar-refractivity contribution in [2.24, 2.45) is 0 Å². The number of carbonyl (C=O) groups excluding carboxylic acids is 3. The Morgan fingerprint density at radius 2 is 1.70 bits per heavy atom. The zero-order valence-corrected chi connectivity index (χ0v) is 12.1. The van der Waals surface area contributed by atoms with Crippen molar-refractivity contribution in [2.45, 2.75) is 6.18 Å². The summed E-state index contributed by atoms with van der Waals surface area (Å²) in [6.07, 6.45) is -4.48. The van der Waals surface area contributed by atoms with Crippen molar-refractivity contribution in [3.05, 3.63) is 29.8 Å². The van der Waals surface area contributed by atoms with Crippen LogP contribution in [-0.4, -0.2) is 44.2 Å². The third kappa shape index (κ3) is 7.16. The van der Waals surface area contributed by atoms with E-state index in [2.05, 4.69) is 10.6 Å². The maximum Gasteiger partial charge on any atom is 0.405 e. The number of anilines is 1. The SMILES string of the molecule is CNC(=O)NC(=O)CNc1ccc(C(=O)NCC(F)(F)F)cc1. The number of rotatable bonds is 5. The smallest absolute Gasteiger partial charge is 0.376 e. The summed E-state index contributed by atoms with van der Waals surface area (Å²) >= 11 is 0. The Balaban J connectivity index is 2.48. The van der Waals surface area contributed by atoms with Gasteiger partial charge >= 0.3 is 12.2 Å². The number of benzene rings is 1. The molecule has 10 heteroatoms. The van der Waals surface area contributed by atoms with E-state index in [1.165, 1.54) is 31.3 Å². The summed E-state index contributed by atoms with van der Waals surface area (Å²) in [5.41, 5.74) is 0.513. The number of alkyl halides is 3. The average molecular weight is 332 g/mol. The molecule has 7 nitrogen and oxygen atoms in total. The number of imide groups is 1. The lowest BCUT2D eigenvalue weighted by Crippen LogP contribution is -2.40.